The summed E-state index contributed by atoms with van der Waals surface area (Å²) in [6.07, 6.45) is 0.0183. The van der Waals surface area contributed by atoms with Gasteiger partial charge in [-0.15, -0.1) is 0 Å². The van der Waals surface area contributed by atoms with Crippen molar-refractivity contribution in [3.8, 4) is 0 Å². The summed E-state index contributed by atoms with van der Waals surface area (Å²) in [7, 11) is 0. The quantitative estimate of drug-likeness (QED) is 0.571. The topological polar surface area (TPSA) is 76.7 Å². The van der Waals surface area contributed by atoms with Crippen molar-refractivity contribution >= 4 is 12.0 Å². The number of hydrogen-bond donors (Lipinski definition) is 2. The molecule has 0 heterocycles. The summed E-state index contributed by atoms with van der Waals surface area (Å²) < 4.78 is 11.2. The van der Waals surface area contributed by atoms with E-state index in [1.807, 2.05) is 74.5 Å². The third-order valence-electron chi connectivity index (χ3n) is 4.72. The predicted octanol–water partition coefficient (Wildman–Crippen LogP) is 4.48. The van der Waals surface area contributed by atoms with Crippen LogP contribution in [0.2, 0.25) is 0 Å². The van der Waals surface area contributed by atoms with Gasteiger partial charge in [-0.05, 0) is 44.2 Å². The zero-order valence-electron chi connectivity index (χ0n) is 19.8. The normalized spacial score (nSPS) is 13.3. The van der Waals surface area contributed by atoms with Crippen LogP contribution in [0, 0.1) is 5.92 Å². The molecule has 6 heteroatoms. The molecule has 0 aromatic heterocycles. The van der Waals surface area contributed by atoms with E-state index in [9.17, 15) is 9.59 Å². The van der Waals surface area contributed by atoms with Crippen LogP contribution in [0.1, 0.15) is 45.7 Å². The number of hydrogen-bond acceptors (Lipinski definition) is 4. The molecule has 0 aliphatic heterocycles. The van der Waals surface area contributed by atoms with E-state index in [0.29, 0.717) is 19.6 Å². The smallest absolute Gasteiger partial charge is 0.408 e. The Morgan fingerprint density at radius 1 is 0.875 bits per heavy atom. The van der Waals surface area contributed by atoms with Crippen LogP contribution in [0.3, 0.4) is 0 Å². The molecule has 2 aromatic rings. The molecule has 0 fully saturated rings. The van der Waals surface area contributed by atoms with Gasteiger partial charge in [0.25, 0.3) is 0 Å². The Bertz CT molecular complexity index is 832. The van der Waals surface area contributed by atoms with Crippen LogP contribution in [-0.2, 0) is 27.3 Å². The second-order valence-corrected chi connectivity index (χ2v) is 9.26. The van der Waals surface area contributed by atoms with Gasteiger partial charge in [0.2, 0.25) is 5.91 Å². The van der Waals surface area contributed by atoms with E-state index in [0.717, 1.165) is 11.1 Å². The lowest BCUT2D eigenvalue weighted by molar-refractivity contribution is -0.125. The average molecular weight is 441 g/mol. The molecule has 174 valence electrons. The first-order valence-electron chi connectivity index (χ1n) is 11.1. The molecule has 32 heavy (non-hydrogen) atoms. The molecule has 2 aromatic carbocycles. The van der Waals surface area contributed by atoms with Crippen molar-refractivity contribution in [2.24, 2.45) is 5.92 Å². The van der Waals surface area contributed by atoms with Crippen LogP contribution in [0.4, 0.5) is 4.79 Å². The molecular weight excluding hydrogens is 404 g/mol. The molecule has 0 spiro atoms. The van der Waals surface area contributed by atoms with Crippen LogP contribution in [-0.4, -0.2) is 36.3 Å². The van der Waals surface area contributed by atoms with Crippen LogP contribution < -0.4 is 10.6 Å². The number of carbonyl (C=O) groups is 2. The Balaban J connectivity index is 2.03. The summed E-state index contributed by atoms with van der Waals surface area (Å²) in [5.41, 5.74) is 1.54. The Morgan fingerprint density at radius 3 is 1.97 bits per heavy atom. The van der Waals surface area contributed by atoms with E-state index in [1.165, 1.54) is 0 Å². The fourth-order valence-electron chi connectivity index (χ4n) is 3.20. The maximum Gasteiger partial charge on any atom is 0.408 e. The zero-order valence-corrected chi connectivity index (χ0v) is 19.8. The third-order valence-corrected chi connectivity index (χ3v) is 4.72. The summed E-state index contributed by atoms with van der Waals surface area (Å²) >= 11 is 0. The summed E-state index contributed by atoms with van der Waals surface area (Å²) in [6, 6.07) is 18.9. The number of carbonyl (C=O) groups excluding carboxylic acids is 2. The fourth-order valence-corrected chi connectivity index (χ4v) is 3.20. The van der Waals surface area contributed by atoms with Gasteiger partial charge in [0.1, 0.15) is 11.6 Å². The molecule has 0 saturated carbocycles. The minimum atomic E-state index is -0.711. The number of rotatable bonds is 10. The van der Waals surface area contributed by atoms with Gasteiger partial charge in [-0.2, -0.15) is 0 Å². The summed E-state index contributed by atoms with van der Waals surface area (Å²) in [6.45, 7) is 9.96. The Labute approximate surface area is 191 Å². The molecule has 0 unspecified atom stereocenters. The Hall–Kier alpha value is -2.86. The molecule has 6 nitrogen and oxygen atoms in total. The van der Waals surface area contributed by atoms with Crippen molar-refractivity contribution in [1.29, 1.82) is 0 Å². The number of ether oxygens (including phenoxy) is 2. The zero-order chi connectivity index (χ0) is 23.6. The van der Waals surface area contributed by atoms with E-state index in [2.05, 4.69) is 10.6 Å². The fraction of sp³-hybridized carbons (Fsp3) is 0.462. The van der Waals surface area contributed by atoms with Crippen LogP contribution >= 0.6 is 0 Å². The van der Waals surface area contributed by atoms with Crippen LogP contribution in [0.5, 0.6) is 0 Å². The first kappa shape index (κ1) is 25.4. The molecule has 2 atom stereocenters. The van der Waals surface area contributed by atoms with Gasteiger partial charge in [-0.25, -0.2) is 4.79 Å². The second-order valence-electron chi connectivity index (χ2n) is 9.26. The highest BCUT2D eigenvalue weighted by Crippen LogP contribution is 2.11. The Kier molecular flexibility index (Phi) is 9.72. The highest BCUT2D eigenvalue weighted by Gasteiger charge is 2.28. The molecule has 0 saturated heterocycles. The largest absolute Gasteiger partial charge is 0.444 e. The van der Waals surface area contributed by atoms with E-state index < -0.39 is 17.7 Å². The minimum absolute atomic E-state index is 0.106. The van der Waals surface area contributed by atoms with Gasteiger partial charge in [-0.3, -0.25) is 4.79 Å². The van der Waals surface area contributed by atoms with Crippen molar-refractivity contribution in [3.63, 3.8) is 0 Å². The average Bonchev–Trinajstić information content (AvgIpc) is 2.72. The van der Waals surface area contributed by atoms with Gasteiger partial charge in [0, 0.05) is 0 Å². The van der Waals surface area contributed by atoms with E-state index in [-0.39, 0.29) is 17.9 Å². The van der Waals surface area contributed by atoms with Crippen molar-refractivity contribution in [3.05, 3.63) is 71.8 Å². The van der Waals surface area contributed by atoms with E-state index in [4.69, 9.17) is 9.47 Å². The first-order chi connectivity index (χ1) is 15.1. The number of nitrogens with one attached hydrogen (secondary N) is 2. The molecule has 2 N–H and O–H groups in total. The molecule has 2 amide bonds. The SMILES string of the molecule is CC(C)[C@H](NC(=O)OC(C)(C)C)C(=O)N[C@H](COCc1ccccc1)Cc1ccccc1. The highest BCUT2D eigenvalue weighted by atomic mass is 16.6. The van der Waals surface area contributed by atoms with E-state index >= 15 is 0 Å². The molecular formula is C26H36N2O4. The highest BCUT2D eigenvalue weighted by molar-refractivity contribution is 5.86. The van der Waals surface area contributed by atoms with Crippen molar-refractivity contribution in [2.75, 3.05) is 6.61 Å². The van der Waals surface area contributed by atoms with Crippen molar-refractivity contribution in [2.45, 2.75) is 65.3 Å². The second kappa shape index (κ2) is 12.2. The maximum atomic E-state index is 13.1. The van der Waals surface area contributed by atoms with Gasteiger partial charge >= 0.3 is 6.09 Å². The summed E-state index contributed by atoms with van der Waals surface area (Å²) in [5.74, 6) is -0.361. The van der Waals surface area contributed by atoms with Crippen molar-refractivity contribution in [1.82, 2.24) is 10.6 Å². The number of alkyl carbamates (subject to hydrolysis) is 1. The summed E-state index contributed by atoms with van der Waals surface area (Å²) in [5, 5.41) is 5.78. The lowest BCUT2D eigenvalue weighted by Gasteiger charge is -2.27. The van der Waals surface area contributed by atoms with Gasteiger partial charge in [-0.1, -0.05) is 74.5 Å². The van der Waals surface area contributed by atoms with Gasteiger partial charge < -0.3 is 20.1 Å². The predicted molar refractivity (Wildman–Crippen MR) is 126 cm³/mol. The lowest BCUT2D eigenvalue weighted by atomic mass is 10.0. The standard InChI is InChI=1S/C26H36N2O4/c1-19(2)23(28-25(30)32-26(3,4)5)24(29)27-22(16-20-12-8-6-9-13-20)18-31-17-21-14-10-7-11-15-21/h6-15,19,22-23H,16-18H2,1-5H3,(H,27,29)(H,28,30)/t22-,23-/m0/s1. The monoisotopic (exact) mass is 440 g/mol. The molecule has 0 aliphatic rings. The first-order valence-corrected chi connectivity index (χ1v) is 11.1. The minimum Gasteiger partial charge on any atom is -0.444 e. The maximum absolute atomic E-state index is 13.1. The van der Waals surface area contributed by atoms with Crippen LogP contribution in [0.15, 0.2) is 60.7 Å². The molecule has 0 bridgehead atoms. The van der Waals surface area contributed by atoms with Crippen LogP contribution in [0.25, 0.3) is 0 Å². The van der Waals surface area contributed by atoms with Gasteiger partial charge in [0.05, 0.1) is 19.3 Å². The molecule has 0 aliphatic carbocycles. The number of amides is 2. The molecule has 0 radical (unpaired) electrons. The molecule has 2 rings (SSSR count). The Morgan fingerprint density at radius 2 is 1.44 bits per heavy atom. The lowest BCUT2D eigenvalue weighted by Crippen LogP contribution is -2.54. The van der Waals surface area contributed by atoms with Gasteiger partial charge in [0.15, 0.2) is 0 Å². The third kappa shape index (κ3) is 9.52. The van der Waals surface area contributed by atoms with Crippen molar-refractivity contribution < 1.29 is 19.1 Å². The number of benzene rings is 2. The van der Waals surface area contributed by atoms with E-state index in [1.54, 1.807) is 20.8 Å². The summed E-state index contributed by atoms with van der Waals surface area (Å²) in [4.78, 5) is 25.3.